The van der Waals surface area contributed by atoms with Crippen LogP contribution in [0.2, 0.25) is 0 Å². The molecule has 0 saturated carbocycles. The molecule has 25 heavy (non-hydrogen) atoms. The maximum Gasteiger partial charge on any atom is 0.204 e. The average Bonchev–Trinajstić information content (AvgIpc) is 3.00. The molecular weight excluding hydrogens is 354 g/mol. The summed E-state index contributed by atoms with van der Waals surface area (Å²) < 4.78 is 7.99. The second kappa shape index (κ2) is 8.64. The Labute approximate surface area is 158 Å². The summed E-state index contributed by atoms with van der Waals surface area (Å²) in [6.07, 6.45) is 1.08. The van der Waals surface area contributed by atoms with Crippen molar-refractivity contribution < 1.29 is 4.74 Å². The highest BCUT2D eigenvalue weighted by molar-refractivity contribution is 7.73. The van der Waals surface area contributed by atoms with Crippen LogP contribution in [0.4, 0.5) is 10.8 Å². The van der Waals surface area contributed by atoms with Crippen molar-refractivity contribution in [2.75, 3.05) is 50.1 Å². The van der Waals surface area contributed by atoms with Crippen LogP contribution in [-0.2, 0) is 6.67 Å². The van der Waals surface area contributed by atoms with Gasteiger partial charge in [0, 0.05) is 38.4 Å². The first kappa shape index (κ1) is 18.2. The van der Waals surface area contributed by atoms with Crippen LogP contribution in [-0.4, -0.2) is 54.5 Å². The van der Waals surface area contributed by atoms with Crippen LogP contribution < -0.4 is 15.0 Å². The van der Waals surface area contributed by atoms with Gasteiger partial charge in [0.25, 0.3) is 0 Å². The van der Waals surface area contributed by atoms with E-state index in [-0.39, 0.29) is 0 Å². The highest BCUT2D eigenvalue weighted by Crippen LogP contribution is 2.21. The van der Waals surface area contributed by atoms with Gasteiger partial charge in [0.2, 0.25) is 5.13 Å². The van der Waals surface area contributed by atoms with Gasteiger partial charge in [-0.3, -0.25) is 4.90 Å². The van der Waals surface area contributed by atoms with E-state index >= 15 is 0 Å². The lowest BCUT2D eigenvalue weighted by Crippen LogP contribution is -2.46. The lowest BCUT2D eigenvalue weighted by molar-refractivity contribution is 0.195. The Morgan fingerprint density at radius 1 is 1.20 bits per heavy atom. The molecule has 0 radical (unpaired) electrons. The second-order valence-electron chi connectivity index (χ2n) is 6.04. The predicted molar refractivity (Wildman–Crippen MR) is 106 cm³/mol. The Hall–Kier alpha value is -1.64. The summed E-state index contributed by atoms with van der Waals surface area (Å²) in [6, 6.07) is 8.27. The zero-order chi connectivity index (χ0) is 17.6. The topological polar surface area (TPSA) is 45.6 Å². The minimum absolute atomic E-state index is 0.763. The lowest BCUT2D eigenvalue weighted by atomic mass is 10.2. The lowest BCUT2D eigenvalue weighted by Gasteiger charge is -2.35. The number of ether oxygens (including phenoxy) is 1. The molecule has 1 fully saturated rings. The molecule has 2 aromatic rings. The number of hydrogen-bond donors (Lipinski definition) is 1. The third kappa shape index (κ3) is 4.71. The molecule has 1 aliphatic rings. The molecule has 6 nitrogen and oxygen atoms in total. The monoisotopic (exact) mass is 379 g/mol. The molecule has 0 bridgehead atoms. The van der Waals surface area contributed by atoms with Crippen molar-refractivity contribution in [1.29, 1.82) is 0 Å². The number of methoxy groups -OCH3 is 1. The van der Waals surface area contributed by atoms with Crippen LogP contribution in [0.3, 0.4) is 0 Å². The zero-order valence-corrected chi connectivity index (χ0v) is 16.4. The Bertz CT molecular complexity index is 719. The number of anilines is 2. The first-order valence-electron chi connectivity index (χ1n) is 8.62. The van der Waals surface area contributed by atoms with Crippen LogP contribution in [0, 0.1) is 3.95 Å². The van der Waals surface area contributed by atoms with E-state index < -0.39 is 0 Å². The molecule has 0 atom stereocenters. The molecule has 1 saturated heterocycles. The van der Waals surface area contributed by atoms with Gasteiger partial charge in [0.1, 0.15) is 5.75 Å². The van der Waals surface area contributed by atoms with Crippen molar-refractivity contribution in [2.45, 2.75) is 20.0 Å². The average molecular weight is 380 g/mol. The van der Waals surface area contributed by atoms with Gasteiger partial charge in [0.05, 0.1) is 13.8 Å². The normalized spacial score (nSPS) is 15.4. The Morgan fingerprint density at radius 3 is 2.56 bits per heavy atom. The molecule has 136 valence electrons. The number of nitrogens with one attached hydrogen (secondary N) is 1. The summed E-state index contributed by atoms with van der Waals surface area (Å²) in [7, 11) is 1.69. The summed E-state index contributed by atoms with van der Waals surface area (Å²) in [5, 5.41) is 8.82. The number of nitrogens with zero attached hydrogens (tertiary/aromatic N) is 4. The molecule has 8 heteroatoms. The largest absolute Gasteiger partial charge is 0.497 e. The molecule has 1 aromatic carbocycles. The van der Waals surface area contributed by atoms with Crippen molar-refractivity contribution >= 4 is 34.4 Å². The highest BCUT2D eigenvalue weighted by atomic mass is 32.1. The van der Waals surface area contributed by atoms with E-state index in [4.69, 9.17) is 17.0 Å². The van der Waals surface area contributed by atoms with Crippen molar-refractivity contribution in [3.8, 4) is 5.75 Å². The Balaban J connectivity index is 1.53. The third-order valence-corrected chi connectivity index (χ3v) is 5.54. The number of piperazine rings is 1. The molecule has 0 spiro atoms. The molecular formula is C17H25N5OS2. The number of rotatable bonds is 7. The van der Waals surface area contributed by atoms with Gasteiger partial charge in [-0.25, -0.2) is 4.68 Å². The van der Waals surface area contributed by atoms with Crippen molar-refractivity contribution in [3.63, 3.8) is 0 Å². The van der Waals surface area contributed by atoms with E-state index in [0.29, 0.717) is 0 Å². The van der Waals surface area contributed by atoms with Crippen LogP contribution in [0.5, 0.6) is 5.75 Å². The molecule has 0 amide bonds. The summed E-state index contributed by atoms with van der Waals surface area (Å²) in [5.74, 6) is 0.896. The maximum atomic E-state index is 5.45. The van der Waals surface area contributed by atoms with Crippen LogP contribution in [0.25, 0.3) is 0 Å². The molecule has 1 aromatic heterocycles. The summed E-state index contributed by atoms with van der Waals surface area (Å²) in [4.78, 5) is 4.81. The second-order valence-corrected chi connectivity index (χ2v) is 7.67. The van der Waals surface area contributed by atoms with Gasteiger partial charge in [-0.15, -0.1) is 5.10 Å². The van der Waals surface area contributed by atoms with Gasteiger partial charge >= 0.3 is 0 Å². The minimum Gasteiger partial charge on any atom is -0.497 e. The molecule has 1 aliphatic heterocycles. The molecule has 3 rings (SSSR count). The molecule has 0 unspecified atom stereocenters. The Kier molecular flexibility index (Phi) is 6.28. The van der Waals surface area contributed by atoms with Crippen molar-refractivity contribution in [2.24, 2.45) is 0 Å². The fourth-order valence-electron chi connectivity index (χ4n) is 2.83. The molecule has 0 aliphatic carbocycles. The van der Waals surface area contributed by atoms with Gasteiger partial charge in [-0.05, 0) is 42.9 Å². The van der Waals surface area contributed by atoms with Gasteiger partial charge in [-0.1, -0.05) is 18.3 Å². The van der Waals surface area contributed by atoms with Gasteiger partial charge in [0.15, 0.2) is 3.95 Å². The van der Waals surface area contributed by atoms with Crippen LogP contribution in [0.1, 0.15) is 13.3 Å². The molecule has 1 N–H and O–H groups in total. The maximum absolute atomic E-state index is 5.45. The quantitative estimate of drug-likeness (QED) is 0.745. The van der Waals surface area contributed by atoms with Crippen molar-refractivity contribution in [1.82, 2.24) is 14.7 Å². The van der Waals surface area contributed by atoms with E-state index in [1.807, 2.05) is 16.8 Å². The summed E-state index contributed by atoms with van der Waals surface area (Å²) in [6.45, 7) is 7.86. The highest BCUT2D eigenvalue weighted by Gasteiger charge is 2.18. The van der Waals surface area contributed by atoms with E-state index in [1.54, 1.807) is 18.4 Å². The van der Waals surface area contributed by atoms with Crippen LogP contribution >= 0.6 is 23.6 Å². The third-order valence-electron chi connectivity index (χ3n) is 4.28. The van der Waals surface area contributed by atoms with Gasteiger partial charge in [-0.2, -0.15) is 0 Å². The molecule has 2 heterocycles. The Morgan fingerprint density at radius 2 is 1.92 bits per heavy atom. The van der Waals surface area contributed by atoms with E-state index in [0.717, 1.165) is 60.6 Å². The van der Waals surface area contributed by atoms with E-state index in [9.17, 15) is 0 Å². The number of benzene rings is 1. The van der Waals surface area contributed by atoms with Gasteiger partial charge < -0.3 is 15.0 Å². The summed E-state index contributed by atoms with van der Waals surface area (Å²) >= 11 is 7.00. The zero-order valence-electron chi connectivity index (χ0n) is 14.8. The SMILES string of the molecule is CCCNc1nn(CN2CCN(c3ccc(OC)cc3)CC2)c(=S)s1. The smallest absolute Gasteiger partial charge is 0.204 e. The number of aromatic nitrogens is 2. The number of hydrogen-bond acceptors (Lipinski definition) is 7. The van der Waals surface area contributed by atoms with E-state index in [1.165, 1.54) is 5.69 Å². The van der Waals surface area contributed by atoms with Crippen LogP contribution in [0.15, 0.2) is 24.3 Å². The predicted octanol–water partition coefficient (Wildman–Crippen LogP) is 3.28. The fraction of sp³-hybridized carbons (Fsp3) is 0.529. The van der Waals surface area contributed by atoms with E-state index in [2.05, 4.69) is 39.3 Å². The minimum atomic E-state index is 0.763. The first-order valence-corrected chi connectivity index (χ1v) is 9.85. The fourth-order valence-corrected chi connectivity index (χ4v) is 3.85. The first-order chi connectivity index (χ1) is 12.2. The summed E-state index contributed by atoms with van der Waals surface area (Å²) in [5.41, 5.74) is 1.25. The standard InChI is InChI=1S/C17H25N5OS2/c1-3-8-18-16-19-22(17(24)25-16)13-20-9-11-21(12-10-20)14-4-6-15(23-2)7-5-14/h4-7H,3,8-13H2,1-2H3,(H,18,19). The van der Waals surface area contributed by atoms with Crippen molar-refractivity contribution in [3.05, 3.63) is 28.2 Å².